The molecule has 11 heteroatoms. The SMILES string of the molecule is CCCCOc1c([C@@H]2CCCN2CC)cc(O)c2c1C[C@H]1C[C@H]3[C@H](N)C(=O)C(C(N)=O)=C(O)[C@@]3(O)C(=O)C1=C2O. The van der Waals surface area contributed by atoms with Gasteiger partial charge in [0.2, 0.25) is 5.78 Å². The Hall–Kier alpha value is -3.41. The summed E-state index contributed by atoms with van der Waals surface area (Å²) in [6, 6.07) is 0.120. The van der Waals surface area contributed by atoms with Crippen LogP contribution in [0.25, 0.3) is 5.76 Å². The lowest BCUT2D eigenvalue weighted by molar-refractivity contribution is -0.149. The molecule has 2 fully saturated rings. The number of carbonyl (C=O) groups is 3. The number of hydrogen-bond acceptors (Lipinski definition) is 10. The maximum absolute atomic E-state index is 13.8. The molecule has 0 aromatic heterocycles. The van der Waals surface area contributed by atoms with Crippen molar-refractivity contribution in [3.05, 3.63) is 39.7 Å². The molecule has 8 N–H and O–H groups in total. The summed E-state index contributed by atoms with van der Waals surface area (Å²) >= 11 is 0. The summed E-state index contributed by atoms with van der Waals surface area (Å²) in [6.45, 7) is 6.28. The van der Waals surface area contributed by atoms with E-state index in [0.29, 0.717) is 17.9 Å². The quantitative estimate of drug-likeness (QED) is 0.213. The summed E-state index contributed by atoms with van der Waals surface area (Å²) < 4.78 is 6.33. The molecule has 3 aliphatic carbocycles. The second-order valence-electron chi connectivity index (χ2n) is 11.2. The van der Waals surface area contributed by atoms with Gasteiger partial charge in [-0.3, -0.25) is 19.3 Å². The molecule has 5 atom stereocenters. The van der Waals surface area contributed by atoms with Gasteiger partial charge in [0.1, 0.15) is 28.6 Å². The topological polar surface area (TPSA) is 197 Å². The zero-order valence-corrected chi connectivity index (χ0v) is 22.8. The molecule has 0 unspecified atom stereocenters. The summed E-state index contributed by atoms with van der Waals surface area (Å²) in [4.78, 5) is 40.9. The molecule has 11 nitrogen and oxygen atoms in total. The number of aliphatic hydroxyl groups excluding tert-OH is 2. The molecular formula is C29H37N3O8. The number of hydrogen-bond donors (Lipinski definition) is 6. The number of fused-ring (bicyclic) bond motifs is 3. The zero-order valence-electron chi connectivity index (χ0n) is 22.8. The number of aliphatic hydroxyl groups is 3. The minimum atomic E-state index is -2.73. The number of phenols is 1. The first-order valence-electron chi connectivity index (χ1n) is 14.0. The normalized spacial score (nSPS) is 30.3. The number of aromatic hydroxyl groups is 1. The molecule has 1 aliphatic heterocycles. The van der Waals surface area contributed by atoms with Crippen LogP contribution in [0, 0.1) is 11.8 Å². The van der Waals surface area contributed by atoms with Crippen LogP contribution in [-0.2, 0) is 20.8 Å². The number of phenolic OH excluding ortho intramolecular Hbond substituents is 1. The molecule has 1 aromatic carbocycles. The number of benzene rings is 1. The average Bonchev–Trinajstić information content (AvgIpc) is 3.39. The Morgan fingerprint density at radius 1 is 1.23 bits per heavy atom. The molecule has 216 valence electrons. The van der Waals surface area contributed by atoms with Crippen molar-refractivity contribution in [1.29, 1.82) is 0 Å². The van der Waals surface area contributed by atoms with E-state index in [1.54, 1.807) is 6.07 Å². The third-order valence-electron chi connectivity index (χ3n) is 9.10. The molecule has 4 aliphatic rings. The van der Waals surface area contributed by atoms with Crippen LogP contribution in [0.5, 0.6) is 11.5 Å². The van der Waals surface area contributed by atoms with Crippen molar-refractivity contribution in [3.8, 4) is 11.5 Å². The molecule has 40 heavy (non-hydrogen) atoms. The highest BCUT2D eigenvalue weighted by molar-refractivity contribution is 6.24. The van der Waals surface area contributed by atoms with Gasteiger partial charge in [-0.05, 0) is 57.2 Å². The first kappa shape index (κ1) is 28.1. The highest BCUT2D eigenvalue weighted by Gasteiger charge is 2.63. The maximum atomic E-state index is 13.8. The van der Waals surface area contributed by atoms with E-state index >= 15 is 0 Å². The summed E-state index contributed by atoms with van der Waals surface area (Å²) in [6.07, 6.45) is 3.70. The van der Waals surface area contributed by atoms with Crippen LogP contribution < -0.4 is 16.2 Å². The van der Waals surface area contributed by atoms with Gasteiger partial charge in [0, 0.05) is 28.7 Å². The summed E-state index contributed by atoms with van der Waals surface area (Å²) in [5, 5.41) is 45.0. The Balaban J connectivity index is 1.69. The van der Waals surface area contributed by atoms with Gasteiger partial charge in [-0.2, -0.15) is 0 Å². The molecule has 1 aromatic rings. The number of carbonyl (C=O) groups excluding carboxylic acids is 3. The van der Waals surface area contributed by atoms with E-state index in [1.165, 1.54) is 0 Å². The number of ether oxygens (including phenoxy) is 1. The van der Waals surface area contributed by atoms with Crippen LogP contribution in [0.2, 0.25) is 0 Å². The standard InChI is InChI=1S/C29H37N3O8/c1-3-5-9-40-25-14(17-7-6-8-32(17)4-2)12-18(33)20-15(25)10-13-11-16-22(30)24(35)21(28(31)38)27(37)29(16,39)26(36)19(13)23(20)34/h12-13,16-17,22,33-34,37,39H,3-11,30H2,1-2H3,(H2,31,38)/t13-,16-,17-,22-,29-/m0/s1. The summed E-state index contributed by atoms with van der Waals surface area (Å²) in [5.74, 6) is -6.67. The van der Waals surface area contributed by atoms with Gasteiger partial charge in [-0.15, -0.1) is 0 Å². The van der Waals surface area contributed by atoms with E-state index in [0.717, 1.165) is 44.3 Å². The fraction of sp³-hybridized carbons (Fsp3) is 0.552. The third kappa shape index (κ3) is 3.93. The fourth-order valence-corrected chi connectivity index (χ4v) is 7.09. The number of amides is 1. The van der Waals surface area contributed by atoms with Crippen molar-refractivity contribution in [2.45, 2.75) is 70.1 Å². The average molecular weight is 556 g/mol. The van der Waals surface area contributed by atoms with Crippen molar-refractivity contribution in [2.24, 2.45) is 23.3 Å². The smallest absolute Gasteiger partial charge is 0.255 e. The van der Waals surface area contributed by atoms with Crippen molar-refractivity contribution >= 4 is 23.2 Å². The first-order chi connectivity index (χ1) is 19.0. The van der Waals surface area contributed by atoms with E-state index in [2.05, 4.69) is 11.8 Å². The lowest BCUT2D eigenvalue weighted by Gasteiger charge is -2.48. The molecule has 1 saturated heterocycles. The van der Waals surface area contributed by atoms with Gasteiger partial charge in [-0.1, -0.05) is 20.3 Å². The number of Topliss-reactive ketones (excluding diaryl/α,β-unsaturated/α-hetero) is 2. The molecule has 0 spiro atoms. The van der Waals surface area contributed by atoms with Crippen molar-refractivity contribution < 1.29 is 39.5 Å². The summed E-state index contributed by atoms with van der Waals surface area (Å²) in [7, 11) is 0. The monoisotopic (exact) mass is 555 g/mol. The highest BCUT2D eigenvalue weighted by Crippen LogP contribution is 2.54. The molecule has 1 amide bonds. The van der Waals surface area contributed by atoms with Crippen molar-refractivity contribution in [3.63, 3.8) is 0 Å². The Kier molecular flexibility index (Phi) is 7.18. The van der Waals surface area contributed by atoms with Crippen molar-refractivity contribution in [1.82, 2.24) is 4.90 Å². The number of likely N-dealkylation sites (tertiary alicyclic amines) is 1. The minimum absolute atomic E-state index is 0.0159. The Morgan fingerprint density at radius 2 is 1.95 bits per heavy atom. The van der Waals surface area contributed by atoms with E-state index < -0.39 is 58.0 Å². The lowest BCUT2D eigenvalue weighted by Crippen LogP contribution is -2.65. The number of unbranched alkanes of at least 4 members (excludes halogenated alkanes) is 1. The zero-order chi connectivity index (χ0) is 29.1. The Morgan fingerprint density at radius 3 is 2.60 bits per heavy atom. The second-order valence-corrected chi connectivity index (χ2v) is 11.2. The van der Waals surface area contributed by atoms with Gasteiger partial charge in [0.15, 0.2) is 11.4 Å². The predicted octanol–water partition coefficient (Wildman–Crippen LogP) is 1.70. The van der Waals surface area contributed by atoms with E-state index in [9.17, 15) is 34.8 Å². The van der Waals surface area contributed by atoms with E-state index in [1.807, 2.05) is 6.92 Å². The van der Waals surface area contributed by atoms with Crippen LogP contribution >= 0.6 is 0 Å². The number of ketones is 2. The summed E-state index contributed by atoms with van der Waals surface area (Å²) in [5.41, 5.74) is 8.94. The molecule has 0 bridgehead atoms. The highest BCUT2D eigenvalue weighted by atomic mass is 16.5. The predicted molar refractivity (Wildman–Crippen MR) is 144 cm³/mol. The molecule has 5 rings (SSSR count). The fourth-order valence-electron chi connectivity index (χ4n) is 7.09. The van der Waals surface area contributed by atoms with Crippen LogP contribution in [-0.4, -0.2) is 74.1 Å². The van der Waals surface area contributed by atoms with Gasteiger partial charge in [0.05, 0.1) is 18.2 Å². The molecule has 1 heterocycles. The van der Waals surface area contributed by atoms with Crippen molar-refractivity contribution in [2.75, 3.05) is 19.7 Å². The Bertz CT molecular complexity index is 1350. The third-order valence-corrected chi connectivity index (χ3v) is 9.10. The minimum Gasteiger partial charge on any atom is -0.508 e. The largest absolute Gasteiger partial charge is 0.508 e. The second kappa shape index (κ2) is 10.2. The van der Waals surface area contributed by atoms with Gasteiger partial charge in [0.25, 0.3) is 5.91 Å². The molecule has 0 radical (unpaired) electrons. The number of primary amides is 1. The molecule has 1 saturated carbocycles. The number of rotatable bonds is 7. The number of nitrogens with zero attached hydrogens (tertiary/aromatic N) is 1. The van der Waals surface area contributed by atoms with E-state index in [4.69, 9.17) is 16.2 Å². The Labute approximate surface area is 232 Å². The van der Waals surface area contributed by atoms with Gasteiger partial charge in [-0.25, -0.2) is 0 Å². The maximum Gasteiger partial charge on any atom is 0.255 e. The van der Waals surface area contributed by atoms with Crippen LogP contribution in [0.3, 0.4) is 0 Å². The molecular weight excluding hydrogens is 518 g/mol. The van der Waals surface area contributed by atoms with E-state index in [-0.39, 0.29) is 35.8 Å². The van der Waals surface area contributed by atoms with Crippen LogP contribution in [0.1, 0.15) is 68.7 Å². The van der Waals surface area contributed by atoms with Crippen LogP contribution in [0.4, 0.5) is 0 Å². The van der Waals surface area contributed by atoms with Crippen LogP contribution in [0.15, 0.2) is 23.0 Å². The number of nitrogens with two attached hydrogens (primary N) is 2. The van der Waals surface area contributed by atoms with Gasteiger partial charge < -0.3 is 36.6 Å². The lowest BCUT2D eigenvalue weighted by atomic mass is 9.58. The first-order valence-corrected chi connectivity index (χ1v) is 14.0. The van der Waals surface area contributed by atoms with Gasteiger partial charge >= 0.3 is 0 Å².